The van der Waals surface area contributed by atoms with E-state index >= 15 is 0 Å². The quantitative estimate of drug-likeness (QED) is 0.535. The maximum Gasteiger partial charge on any atom is 0.316 e. The molecule has 3 atom stereocenters. The molecule has 0 aromatic heterocycles. The van der Waals surface area contributed by atoms with Crippen LogP contribution in [0.2, 0.25) is 0 Å². The molecule has 0 bridgehead atoms. The number of hydrogen-bond acceptors (Lipinski definition) is 6. The summed E-state index contributed by atoms with van der Waals surface area (Å²) in [6, 6.07) is 0. The molecule has 1 aliphatic heterocycles. The van der Waals surface area contributed by atoms with Crippen LogP contribution in [0.25, 0.3) is 0 Å². The lowest BCUT2D eigenvalue weighted by atomic mass is 9.97. The van der Waals surface area contributed by atoms with Crippen molar-refractivity contribution in [2.75, 3.05) is 19.4 Å². The summed E-state index contributed by atoms with van der Waals surface area (Å²) < 4.78 is 4.60. The van der Waals surface area contributed by atoms with Crippen molar-refractivity contribution in [2.24, 2.45) is 11.8 Å². The van der Waals surface area contributed by atoms with Crippen molar-refractivity contribution in [1.82, 2.24) is 5.32 Å². The molecule has 21 heavy (non-hydrogen) atoms. The SMILES string of the molecule is COC(=O)C1C=CC(=O)C1CSC(C)C(=O)O.O=C1CN1. The van der Waals surface area contributed by atoms with Gasteiger partial charge in [-0.15, -0.1) is 11.8 Å². The standard InChI is InChI=1S/C11H14O5S.C2H3NO/c1-6(10(13)14)17-5-8-7(11(15)16-2)3-4-9(8)12;4-2-1-3-2/h3-4,6-8H,5H2,1-2H3,(H,13,14);1H2,(H,3,4). The first-order valence-electron chi connectivity index (χ1n) is 6.27. The van der Waals surface area contributed by atoms with Crippen LogP contribution in [0.4, 0.5) is 0 Å². The van der Waals surface area contributed by atoms with Crippen molar-refractivity contribution in [1.29, 1.82) is 0 Å². The topological polar surface area (TPSA) is 120 Å². The van der Waals surface area contributed by atoms with Crippen molar-refractivity contribution in [3.8, 4) is 0 Å². The van der Waals surface area contributed by atoms with Gasteiger partial charge < -0.3 is 15.2 Å². The fourth-order valence-corrected chi connectivity index (χ4v) is 2.56. The fourth-order valence-electron chi connectivity index (χ4n) is 1.55. The van der Waals surface area contributed by atoms with Crippen LogP contribution in [0.5, 0.6) is 0 Å². The number of rotatable bonds is 5. The first-order valence-corrected chi connectivity index (χ1v) is 7.32. The number of hydrogen-bond donors (Lipinski definition) is 2. The molecule has 8 heteroatoms. The van der Waals surface area contributed by atoms with Gasteiger partial charge in [0.05, 0.1) is 24.8 Å². The summed E-state index contributed by atoms with van der Waals surface area (Å²) in [4.78, 5) is 43.0. The number of nitrogens with one attached hydrogen (secondary N) is 1. The van der Waals surface area contributed by atoms with E-state index in [9.17, 15) is 19.2 Å². The highest BCUT2D eigenvalue weighted by Crippen LogP contribution is 2.28. The molecule has 3 unspecified atom stereocenters. The van der Waals surface area contributed by atoms with Gasteiger partial charge in [-0.3, -0.25) is 19.2 Å². The summed E-state index contributed by atoms with van der Waals surface area (Å²) in [7, 11) is 1.27. The number of aliphatic carboxylic acids is 1. The molecule has 7 nitrogen and oxygen atoms in total. The molecule has 0 aromatic carbocycles. The third kappa shape index (κ3) is 5.58. The van der Waals surface area contributed by atoms with E-state index in [1.54, 1.807) is 6.92 Å². The number of carboxylic acid groups (broad SMARTS) is 1. The van der Waals surface area contributed by atoms with Crippen LogP contribution in [0.3, 0.4) is 0 Å². The van der Waals surface area contributed by atoms with Crippen molar-refractivity contribution in [3.05, 3.63) is 12.2 Å². The Kier molecular flexibility index (Phi) is 6.41. The second-order valence-corrected chi connectivity index (χ2v) is 5.88. The van der Waals surface area contributed by atoms with Gasteiger partial charge in [-0.1, -0.05) is 6.08 Å². The molecule has 0 saturated carbocycles. The van der Waals surface area contributed by atoms with Crippen LogP contribution < -0.4 is 5.32 Å². The first kappa shape index (κ1) is 17.2. The number of amides is 1. The second-order valence-electron chi connectivity index (χ2n) is 4.51. The largest absolute Gasteiger partial charge is 0.480 e. The van der Waals surface area contributed by atoms with Gasteiger partial charge in [0.25, 0.3) is 0 Å². The lowest BCUT2D eigenvalue weighted by Gasteiger charge is -2.16. The molecule has 116 valence electrons. The minimum atomic E-state index is -0.928. The lowest BCUT2D eigenvalue weighted by Crippen LogP contribution is -2.27. The van der Waals surface area contributed by atoms with Crippen LogP contribution >= 0.6 is 11.8 Å². The second kappa shape index (κ2) is 7.82. The molecule has 0 radical (unpaired) electrons. The van der Waals surface area contributed by atoms with Gasteiger partial charge in [0.15, 0.2) is 5.78 Å². The molecule has 1 saturated heterocycles. The Labute approximate surface area is 126 Å². The normalized spacial score (nSPS) is 23.7. The number of ketones is 1. The highest BCUT2D eigenvalue weighted by atomic mass is 32.2. The van der Waals surface area contributed by atoms with Gasteiger partial charge in [0, 0.05) is 11.7 Å². The average Bonchev–Trinajstić information content (AvgIpc) is 3.14. The number of carbonyl (C=O) groups is 4. The highest BCUT2D eigenvalue weighted by molar-refractivity contribution is 8.00. The van der Waals surface area contributed by atoms with E-state index in [0.717, 1.165) is 11.8 Å². The number of carboxylic acids is 1. The molecular weight excluding hydrogens is 298 g/mol. The Bertz CT molecular complexity index is 469. The number of allylic oxidation sites excluding steroid dienone is 1. The van der Waals surface area contributed by atoms with E-state index in [2.05, 4.69) is 10.1 Å². The summed E-state index contributed by atoms with van der Waals surface area (Å²) in [5.74, 6) is -2.15. The van der Waals surface area contributed by atoms with Gasteiger partial charge in [-0.2, -0.15) is 0 Å². The molecule has 1 fully saturated rings. The monoisotopic (exact) mass is 315 g/mol. The zero-order chi connectivity index (χ0) is 16.0. The Balaban J connectivity index is 0.000000471. The number of carbonyl (C=O) groups excluding carboxylic acids is 3. The maximum absolute atomic E-state index is 11.5. The van der Waals surface area contributed by atoms with E-state index in [-0.39, 0.29) is 11.7 Å². The third-order valence-corrected chi connectivity index (χ3v) is 4.19. The predicted molar refractivity (Wildman–Crippen MR) is 75.7 cm³/mol. The summed E-state index contributed by atoms with van der Waals surface area (Å²) in [5.41, 5.74) is 0. The van der Waals surface area contributed by atoms with Crippen molar-refractivity contribution < 1.29 is 29.0 Å². The van der Waals surface area contributed by atoms with Crippen LogP contribution in [0.15, 0.2) is 12.2 Å². The molecule has 1 heterocycles. The van der Waals surface area contributed by atoms with Crippen LogP contribution in [-0.2, 0) is 23.9 Å². The van der Waals surface area contributed by atoms with Gasteiger partial charge in [0.1, 0.15) is 0 Å². The lowest BCUT2D eigenvalue weighted by molar-refractivity contribution is -0.146. The van der Waals surface area contributed by atoms with Crippen molar-refractivity contribution in [3.63, 3.8) is 0 Å². The van der Waals surface area contributed by atoms with Gasteiger partial charge >= 0.3 is 11.9 Å². The summed E-state index contributed by atoms with van der Waals surface area (Å²) in [5, 5.41) is 10.6. The van der Waals surface area contributed by atoms with E-state index in [1.807, 2.05) is 0 Å². The van der Waals surface area contributed by atoms with E-state index < -0.39 is 29.0 Å². The third-order valence-electron chi connectivity index (χ3n) is 2.93. The minimum absolute atomic E-state index is 0.148. The molecule has 0 aromatic rings. The Morgan fingerprint density at radius 2 is 2.10 bits per heavy atom. The molecule has 2 N–H and O–H groups in total. The molecule has 0 spiro atoms. The molecule has 1 aliphatic carbocycles. The molecular formula is C13H17NO6S. The maximum atomic E-state index is 11.5. The van der Waals surface area contributed by atoms with E-state index in [1.165, 1.54) is 19.3 Å². The number of esters is 1. The van der Waals surface area contributed by atoms with Crippen LogP contribution in [0, 0.1) is 11.8 Å². The fraction of sp³-hybridized carbons (Fsp3) is 0.538. The molecule has 2 aliphatic rings. The average molecular weight is 315 g/mol. The Morgan fingerprint density at radius 3 is 2.52 bits per heavy atom. The first-order chi connectivity index (χ1) is 9.86. The van der Waals surface area contributed by atoms with E-state index in [0.29, 0.717) is 12.3 Å². The summed E-state index contributed by atoms with van der Waals surface area (Å²) in [6.45, 7) is 2.15. The number of thioether (sulfide) groups is 1. The van der Waals surface area contributed by atoms with Crippen molar-refractivity contribution in [2.45, 2.75) is 12.2 Å². The predicted octanol–water partition coefficient (Wildman–Crippen LogP) is -0.147. The number of methoxy groups -OCH3 is 1. The number of ether oxygens (including phenoxy) is 1. The van der Waals surface area contributed by atoms with Crippen molar-refractivity contribution >= 4 is 35.4 Å². The highest BCUT2D eigenvalue weighted by Gasteiger charge is 2.36. The molecule has 2 rings (SSSR count). The van der Waals surface area contributed by atoms with Gasteiger partial charge in [-0.05, 0) is 13.0 Å². The minimum Gasteiger partial charge on any atom is -0.480 e. The zero-order valence-electron chi connectivity index (χ0n) is 11.7. The van der Waals surface area contributed by atoms with Crippen LogP contribution in [-0.4, -0.2) is 53.4 Å². The van der Waals surface area contributed by atoms with E-state index in [4.69, 9.17) is 5.11 Å². The Hall–Kier alpha value is -1.83. The zero-order valence-corrected chi connectivity index (χ0v) is 12.5. The van der Waals surface area contributed by atoms with Gasteiger partial charge in [0.2, 0.25) is 5.91 Å². The summed E-state index contributed by atoms with van der Waals surface area (Å²) in [6.07, 6.45) is 2.88. The smallest absolute Gasteiger partial charge is 0.316 e. The Morgan fingerprint density at radius 1 is 1.52 bits per heavy atom. The molecule has 1 amide bonds. The summed E-state index contributed by atoms with van der Waals surface area (Å²) >= 11 is 1.15. The van der Waals surface area contributed by atoms with Crippen LogP contribution in [0.1, 0.15) is 6.92 Å². The van der Waals surface area contributed by atoms with Gasteiger partial charge in [-0.25, -0.2) is 0 Å².